The third-order valence-corrected chi connectivity index (χ3v) is 3.83. The lowest BCUT2D eigenvalue weighted by atomic mass is 10.1. The Bertz CT molecular complexity index is 1060. The zero-order chi connectivity index (χ0) is 19.6. The predicted octanol–water partition coefficient (Wildman–Crippen LogP) is 4.38. The molecule has 0 saturated carbocycles. The number of aryl methyl sites for hydroxylation is 1. The van der Waals surface area contributed by atoms with Crippen LogP contribution in [0.2, 0.25) is 0 Å². The number of nitriles is 1. The average Bonchev–Trinajstić information content (AvgIpc) is 2.62. The van der Waals surface area contributed by atoms with E-state index in [1.165, 1.54) is 12.1 Å². The molecule has 0 radical (unpaired) electrons. The van der Waals surface area contributed by atoms with Gasteiger partial charge in [-0.1, -0.05) is 29.8 Å². The van der Waals surface area contributed by atoms with Crippen LogP contribution < -0.4 is 10.9 Å². The molecule has 5 nitrogen and oxygen atoms in total. The molecule has 0 saturated heterocycles. The molecule has 1 aromatic heterocycles. The van der Waals surface area contributed by atoms with Crippen LogP contribution in [0, 0.1) is 18.3 Å². The van der Waals surface area contributed by atoms with E-state index in [0.29, 0.717) is 5.69 Å². The largest absolute Gasteiger partial charge is 0.416 e. The van der Waals surface area contributed by atoms with Crippen LogP contribution in [0.3, 0.4) is 0 Å². The van der Waals surface area contributed by atoms with E-state index < -0.39 is 17.3 Å². The Morgan fingerprint density at radius 2 is 1.70 bits per heavy atom. The van der Waals surface area contributed by atoms with E-state index in [1.54, 1.807) is 18.2 Å². The van der Waals surface area contributed by atoms with Gasteiger partial charge in [-0.3, -0.25) is 9.78 Å². The predicted molar refractivity (Wildman–Crippen MR) is 94.5 cm³/mol. The number of nitrogens with one attached hydrogen (secondary N) is 2. The Hall–Kier alpha value is -3.60. The first-order chi connectivity index (χ1) is 12.8. The number of hydrogen-bond donors (Lipinski definition) is 2. The molecular weight excluding hydrogens is 357 g/mol. The molecule has 0 fully saturated rings. The van der Waals surface area contributed by atoms with Crippen molar-refractivity contribution in [2.45, 2.75) is 13.1 Å². The number of alkyl halides is 3. The Kier molecular flexibility index (Phi) is 4.69. The summed E-state index contributed by atoms with van der Waals surface area (Å²) in [5.74, 6) is 0.0813. The van der Waals surface area contributed by atoms with Gasteiger partial charge >= 0.3 is 6.18 Å². The van der Waals surface area contributed by atoms with Crippen molar-refractivity contribution in [3.8, 4) is 17.3 Å². The summed E-state index contributed by atoms with van der Waals surface area (Å²) >= 11 is 0. The summed E-state index contributed by atoms with van der Waals surface area (Å²) < 4.78 is 38.2. The summed E-state index contributed by atoms with van der Waals surface area (Å²) in [6, 6.07) is 13.2. The van der Waals surface area contributed by atoms with Gasteiger partial charge in [0.05, 0.1) is 11.3 Å². The van der Waals surface area contributed by atoms with Crippen molar-refractivity contribution in [2.24, 2.45) is 0 Å². The maximum Gasteiger partial charge on any atom is 0.416 e. The van der Waals surface area contributed by atoms with Gasteiger partial charge in [0, 0.05) is 11.3 Å². The first-order valence-electron chi connectivity index (χ1n) is 7.83. The average molecular weight is 370 g/mol. The highest BCUT2D eigenvalue weighted by molar-refractivity contribution is 5.68. The number of benzene rings is 2. The molecule has 0 aliphatic rings. The molecule has 3 rings (SSSR count). The number of aromatic nitrogens is 2. The topological polar surface area (TPSA) is 81.6 Å². The molecule has 8 heteroatoms. The van der Waals surface area contributed by atoms with E-state index in [4.69, 9.17) is 0 Å². The minimum atomic E-state index is -4.48. The third-order valence-electron chi connectivity index (χ3n) is 3.83. The fraction of sp³-hybridized carbons (Fsp3) is 0.105. The summed E-state index contributed by atoms with van der Waals surface area (Å²) in [6.07, 6.45) is -4.48. The van der Waals surface area contributed by atoms with Crippen molar-refractivity contribution in [2.75, 3.05) is 5.32 Å². The van der Waals surface area contributed by atoms with Crippen LogP contribution in [0.15, 0.2) is 53.3 Å². The number of aromatic amines is 1. The second-order valence-corrected chi connectivity index (χ2v) is 5.82. The quantitative estimate of drug-likeness (QED) is 0.717. The van der Waals surface area contributed by atoms with Gasteiger partial charge in [-0.25, -0.2) is 4.98 Å². The zero-order valence-corrected chi connectivity index (χ0v) is 14.1. The van der Waals surface area contributed by atoms with E-state index in [9.17, 15) is 23.2 Å². The van der Waals surface area contributed by atoms with Gasteiger partial charge < -0.3 is 5.32 Å². The first-order valence-corrected chi connectivity index (χ1v) is 7.83. The maximum atomic E-state index is 12.7. The number of hydrogen-bond acceptors (Lipinski definition) is 4. The van der Waals surface area contributed by atoms with E-state index in [2.05, 4.69) is 15.3 Å². The van der Waals surface area contributed by atoms with Crippen molar-refractivity contribution in [3.63, 3.8) is 0 Å². The summed E-state index contributed by atoms with van der Waals surface area (Å²) in [4.78, 5) is 18.9. The van der Waals surface area contributed by atoms with Crippen LogP contribution in [0.25, 0.3) is 11.3 Å². The molecule has 136 valence electrons. The second-order valence-electron chi connectivity index (χ2n) is 5.82. The summed E-state index contributed by atoms with van der Waals surface area (Å²) in [6.45, 7) is 1.92. The van der Waals surface area contributed by atoms with Crippen LogP contribution in [0.1, 0.15) is 16.7 Å². The van der Waals surface area contributed by atoms with Crippen LogP contribution in [0.4, 0.5) is 24.8 Å². The molecule has 0 unspecified atom stereocenters. The Balaban J connectivity index is 2.03. The van der Waals surface area contributed by atoms with Gasteiger partial charge in [0.15, 0.2) is 0 Å². The zero-order valence-electron chi connectivity index (χ0n) is 14.1. The normalized spacial score (nSPS) is 11.1. The molecule has 27 heavy (non-hydrogen) atoms. The molecule has 0 aliphatic heterocycles. The van der Waals surface area contributed by atoms with Gasteiger partial charge in [0.25, 0.3) is 5.56 Å². The Morgan fingerprint density at radius 1 is 1.07 bits per heavy atom. The van der Waals surface area contributed by atoms with Crippen molar-refractivity contribution in [1.29, 1.82) is 5.26 Å². The number of nitrogens with zero attached hydrogens (tertiary/aromatic N) is 2. The van der Waals surface area contributed by atoms with E-state index >= 15 is 0 Å². The summed E-state index contributed by atoms with van der Waals surface area (Å²) in [5, 5.41) is 12.2. The molecule has 0 spiro atoms. The van der Waals surface area contributed by atoms with E-state index in [1.807, 2.05) is 19.1 Å². The van der Waals surface area contributed by atoms with Crippen LogP contribution >= 0.6 is 0 Å². The van der Waals surface area contributed by atoms with Gasteiger partial charge in [0.2, 0.25) is 5.95 Å². The molecule has 2 aromatic carbocycles. The first kappa shape index (κ1) is 18.2. The monoisotopic (exact) mass is 370 g/mol. The van der Waals surface area contributed by atoms with E-state index in [-0.39, 0.29) is 22.8 Å². The van der Waals surface area contributed by atoms with E-state index in [0.717, 1.165) is 17.7 Å². The fourth-order valence-electron chi connectivity index (χ4n) is 2.44. The molecular formula is C19H13F3N4O. The van der Waals surface area contributed by atoms with Crippen LogP contribution in [-0.2, 0) is 6.18 Å². The van der Waals surface area contributed by atoms with Crippen molar-refractivity contribution >= 4 is 11.6 Å². The van der Waals surface area contributed by atoms with Crippen molar-refractivity contribution in [3.05, 3.63) is 75.6 Å². The number of halogens is 3. The van der Waals surface area contributed by atoms with Crippen molar-refractivity contribution < 1.29 is 13.2 Å². The van der Waals surface area contributed by atoms with Gasteiger partial charge in [-0.05, 0) is 31.2 Å². The highest BCUT2D eigenvalue weighted by Crippen LogP contribution is 2.31. The Morgan fingerprint density at radius 3 is 2.26 bits per heavy atom. The molecule has 0 atom stereocenters. The molecule has 2 N–H and O–H groups in total. The van der Waals surface area contributed by atoms with Gasteiger partial charge in [-0.15, -0.1) is 0 Å². The number of rotatable bonds is 3. The summed E-state index contributed by atoms with van der Waals surface area (Å²) in [7, 11) is 0. The minimum absolute atomic E-state index is 0.00425. The lowest BCUT2D eigenvalue weighted by molar-refractivity contribution is -0.137. The fourth-order valence-corrected chi connectivity index (χ4v) is 2.44. The van der Waals surface area contributed by atoms with Crippen LogP contribution in [0.5, 0.6) is 0 Å². The SMILES string of the molecule is Cc1ccc(Nc2nc(-c3ccc(C(F)(F)F)cc3)c(C#N)c(=O)[nH]2)cc1. The molecule has 0 aliphatic carbocycles. The lowest BCUT2D eigenvalue weighted by Crippen LogP contribution is -2.16. The second kappa shape index (κ2) is 6.96. The van der Waals surface area contributed by atoms with Crippen molar-refractivity contribution in [1.82, 2.24) is 9.97 Å². The molecule has 3 aromatic rings. The molecule has 1 heterocycles. The maximum absolute atomic E-state index is 12.7. The highest BCUT2D eigenvalue weighted by Gasteiger charge is 2.30. The van der Waals surface area contributed by atoms with Gasteiger partial charge in [-0.2, -0.15) is 18.4 Å². The standard InChI is InChI=1S/C19H13F3N4O/c1-11-2-8-14(9-3-11)24-18-25-16(15(10-23)17(27)26-18)12-4-6-13(7-5-12)19(20,21)22/h2-9H,1H3,(H2,24,25,26,27). The third kappa shape index (κ3) is 3.98. The van der Waals surface area contributed by atoms with Crippen LogP contribution in [-0.4, -0.2) is 9.97 Å². The number of anilines is 2. The lowest BCUT2D eigenvalue weighted by Gasteiger charge is -2.10. The minimum Gasteiger partial charge on any atom is -0.326 e. The molecule has 0 amide bonds. The molecule has 0 bridgehead atoms. The number of H-pyrrole nitrogens is 1. The summed E-state index contributed by atoms with van der Waals surface area (Å²) in [5.41, 5.74) is 0.162. The Labute approximate surface area is 152 Å². The van der Waals surface area contributed by atoms with Gasteiger partial charge in [0.1, 0.15) is 11.6 Å². The smallest absolute Gasteiger partial charge is 0.326 e. The highest BCUT2D eigenvalue weighted by atomic mass is 19.4.